The standard InChI is InChI=1S/C13H10ClN3O4/c1-21-11-7-6-10(17(19)20)12(15-11)16-13(18)8-4-2-3-5-9(8)14/h2-7H,1H3,(H,15,16,18). The van der Waals surface area contributed by atoms with Crippen molar-refractivity contribution >= 4 is 29.0 Å². The van der Waals surface area contributed by atoms with Gasteiger partial charge in [-0.2, -0.15) is 4.98 Å². The summed E-state index contributed by atoms with van der Waals surface area (Å²) in [5.74, 6) is -0.649. The van der Waals surface area contributed by atoms with E-state index < -0.39 is 10.8 Å². The van der Waals surface area contributed by atoms with Gasteiger partial charge >= 0.3 is 5.69 Å². The van der Waals surface area contributed by atoms with Crippen LogP contribution >= 0.6 is 11.6 Å². The van der Waals surface area contributed by atoms with Crippen LogP contribution in [-0.2, 0) is 0 Å². The number of halogens is 1. The Morgan fingerprint density at radius 2 is 2.05 bits per heavy atom. The van der Waals surface area contributed by atoms with Crippen LogP contribution in [0.25, 0.3) is 0 Å². The third-order valence-electron chi connectivity index (χ3n) is 2.60. The molecule has 0 aliphatic heterocycles. The van der Waals surface area contributed by atoms with Crippen molar-refractivity contribution in [2.75, 3.05) is 12.4 Å². The van der Waals surface area contributed by atoms with Gasteiger partial charge in [0.25, 0.3) is 5.91 Å². The number of methoxy groups -OCH3 is 1. The Kier molecular flexibility index (Phi) is 4.34. The van der Waals surface area contributed by atoms with Crippen molar-refractivity contribution < 1.29 is 14.5 Å². The Morgan fingerprint density at radius 1 is 1.33 bits per heavy atom. The van der Waals surface area contributed by atoms with Crippen LogP contribution in [0.3, 0.4) is 0 Å². The summed E-state index contributed by atoms with van der Waals surface area (Å²) in [5, 5.41) is 13.6. The summed E-state index contributed by atoms with van der Waals surface area (Å²) < 4.78 is 4.89. The van der Waals surface area contributed by atoms with Gasteiger partial charge in [0.05, 0.1) is 22.6 Å². The van der Waals surface area contributed by atoms with Crippen LogP contribution in [0.5, 0.6) is 5.88 Å². The molecule has 0 aliphatic carbocycles. The minimum atomic E-state index is -0.644. The molecule has 2 rings (SSSR count). The highest BCUT2D eigenvalue weighted by Gasteiger charge is 2.20. The second-order valence-corrected chi connectivity index (χ2v) is 4.32. The van der Waals surface area contributed by atoms with E-state index in [9.17, 15) is 14.9 Å². The number of carbonyl (C=O) groups is 1. The van der Waals surface area contributed by atoms with Gasteiger partial charge in [0, 0.05) is 12.1 Å². The van der Waals surface area contributed by atoms with Gasteiger partial charge in [0.15, 0.2) is 0 Å². The molecule has 0 spiro atoms. The SMILES string of the molecule is COc1ccc([N+](=O)[O-])c(NC(=O)c2ccccc2Cl)n1. The Labute approximate surface area is 124 Å². The molecule has 0 radical (unpaired) electrons. The van der Waals surface area contributed by atoms with Gasteiger partial charge in [-0.05, 0) is 12.1 Å². The van der Waals surface area contributed by atoms with Gasteiger partial charge in [-0.3, -0.25) is 14.9 Å². The molecule has 1 amide bonds. The summed E-state index contributed by atoms with van der Waals surface area (Å²) in [4.78, 5) is 26.3. The van der Waals surface area contributed by atoms with E-state index in [2.05, 4.69) is 10.3 Å². The van der Waals surface area contributed by atoms with Gasteiger partial charge in [0.2, 0.25) is 11.7 Å². The van der Waals surface area contributed by atoms with Crippen molar-refractivity contribution in [2.45, 2.75) is 0 Å². The summed E-state index contributed by atoms with van der Waals surface area (Å²) in [6, 6.07) is 8.89. The lowest BCUT2D eigenvalue weighted by Gasteiger charge is -2.07. The van der Waals surface area contributed by atoms with Crippen molar-refractivity contribution in [1.82, 2.24) is 4.98 Å². The molecule has 108 valence electrons. The number of nitro groups is 1. The molecule has 1 aromatic carbocycles. The molecule has 0 unspecified atom stereocenters. The fourth-order valence-electron chi connectivity index (χ4n) is 1.61. The first-order valence-electron chi connectivity index (χ1n) is 5.78. The van der Waals surface area contributed by atoms with Crippen molar-refractivity contribution in [2.24, 2.45) is 0 Å². The van der Waals surface area contributed by atoms with E-state index in [1.165, 1.54) is 25.3 Å². The van der Waals surface area contributed by atoms with Gasteiger partial charge in [0.1, 0.15) is 0 Å². The Balaban J connectivity index is 2.36. The molecule has 1 N–H and O–H groups in total. The number of amides is 1. The van der Waals surface area contributed by atoms with Crippen molar-refractivity contribution in [1.29, 1.82) is 0 Å². The second kappa shape index (κ2) is 6.19. The van der Waals surface area contributed by atoms with Gasteiger partial charge in [-0.25, -0.2) is 0 Å². The van der Waals surface area contributed by atoms with Crippen LogP contribution in [0.1, 0.15) is 10.4 Å². The van der Waals surface area contributed by atoms with E-state index in [0.717, 1.165) is 0 Å². The summed E-state index contributed by atoms with van der Waals surface area (Å²) in [6.45, 7) is 0. The first-order valence-corrected chi connectivity index (χ1v) is 6.16. The monoisotopic (exact) mass is 307 g/mol. The highest BCUT2D eigenvalue weighted by atomic mass is 35.5. The molecule has 21 heavy (non-hydrogen) atoms. The largest absolute Gasteiger partial charge is 0.481 e. The molecule has 0 saturated carbocycles. The van der Waals surface area contributed by atoms with Crippen molar-refractivity contribution in [3.63, 3.8) is 0 Å². The van der Waals surface area contributed by atoms with Crippen LogP contribution in [0.15, 0.2) is 36.4 Å². The molecule has 0 atom stereocenters. The molecule has 1 aromatic heterocycles. The number of ether oxygens (including phenoxy) is 1. The lowest BCUT2D eigenvalue weighted by molar-refractivity contribution is -0.384. The average Bonchev–Trinajstić information content (AvgIpc) is 2.47. The second-order valence-electron chi connectivity index (χ2n) is 3.91. The van der Waals surface area contributed by atoms with Crippen molar-refractivity contribution in [3.8, 4) is 5.88 Å². The average molecular weight is 308 g/mol. The van der Waals surface area contributed by atoms with E-state index in [1.807, 2.05) is 0 Å². The predicted octanol–water partition coefficient (Wildman–Crippen LogP) is 2.90. The van der Waals surface area contributed by atoms with Crippen molar-refractivity contribution in [3.05, 3.63) is 57.1 Å². The van der Waals surface area contributed by atoms with Gasteiger partial charge in [-0.15, -0.1) is 0 Å². The third-order valence-corrected chi connectivity index (χ3v) is 2.93. The molecule has 0 bridgehead atoms. The third kappa shape index (κ3) is 3.26. The summed E-state index contributed by atoms with van der Waals surface area (Å²) >= 11 is 5.91. The first kappa shape index (κ1) is 14.7. The molecule has 0 fully saturated rings. The van der Waals surface area contributed by atoms with Gasteiger partial charge < -0.3 is 10.1 Å². The smallest absolute Gasteiger partial charge is 0.312 e. The van der Waals surface area contributed by atoms with E-state index in [4.69, 9.17) is 16.3 Å². The van der Waals surface area contributed by atoms with E-state index >= 15 is 0 Å². The Morgan fingerprint density at radius 3 is 2.67 bits per heavy atom. The molecular formula is C13H10ClN3O4. The zero-order chi connectivity index (χ0) is 15.4. The molecule has 1 heterocycles. The van der Waals surface area contributed by atoms with Gasteiger partial charge in [-0.1, -0.05) is 23.7 Å². The molecule has 0 saturated heterocycles. The number of nitrogens with one attached hydrogen (secondary N) is 1. The normalized spacial score (nSPS) is 10.0. The number of anilines is 1. The summed E-state index contributed by atoms with van der Waals surface area (Å²) in [5.41, 5.74) is -0.144. The minimum absolute atomic E-state index is 0.148. The first-order chi connectivity index (χ1) is 10.0. The number of aromatic nitrogens is 1. The van der Waals surface area contributed by atoms with E-state index in [-0.39, 0.29) is 28.0 Å². The summed E-state index contributed by atoms with van der Waals surface area (Å²) in [6.07, 6.45) is 0. The molecular weight excluding hydrogens is 298 g/mol. The number of hydrogen-bond donors (Lipinski definition) is 1. The fraction of sp³-hybridized carbons (Fsp3) is 0.0769. The lowest BCUT2D eigenvalue weighted by atomic mass is 10.2. The van der Waals surface area contributed by atoms with Crippen LogP contribution in [-0.4, -0.2) is 22.9 Å². The van der Waals surface area contributed by atoms with Crippen LogP contribution in [0, 0.1) is 10.1 Å². The molecule has 7 nitrogen and oxygen atoms in total. The highest BCUT2D eigenvalue weighted by Crippen LogP contribution is 2.26. The molecule has 0 aliphatic rings. The topological polar surface area (TPSA) is 94.4 Å². The quantitative estimate of drug-likeness (QED) is 0.692. The number of benzene rings is 1. The van der Waals surface area contributed by atoms with E-state index in [1.54, 1.807) is 18.2 Å². The summed E-state index contributed by atoms with van der Waals surface area (Å²) in [7, 11) is 1.37. The molecule has 8 heteroatoms. The number of rotatable bonds is 4. The lowest BCUT2D eigenvalue weighted by Crippen LogP contribution is -2.15. The number of pyridine rings is 1. The fourth-order valence-corrected chi connectivity index (χ4v) is 1.83. The Hall–Kier alpha value is -2.67. The number of nitrogens with zero attached hydrogens (tertiary/aromatic N) is 2. The zero-order valence-corrected chi connectivity index (χ0v) is 11.6. The van der Waals surface area contributed by atoms with Crippen LogP contribution in [0.2, 0.25) is 5.02 Å². The predicted molar refractivity (Wildman–Crippen MR) is 76.8 cm³/mol. The Bertz CT molecular complexity index is 706. The minimum Gasteiger partial charge on any atom is -0.481 e. The maximum absolute atomic E-state index is 12.1. The number of carbonyl (C=O) groups excluding carboxylic acids is 1. The highest BCUT2D eigenvalue weighted by molar-refractivity contribution is 6.34. The maximum atomic E-state index is 12.1. The van der Waals surface area contributed by atoms with Crippen LogP contribution < -0.4 is 10.1 Å². The van der Waals surface area contributed by atoms with E-state index in [0.29, 0.717) is 0 Å². The zero-order valence-electron chi connectivity index (χ0n) is 10.9. The number of hydrogen-bond acceptors (Lipinski definition) is 5. The molecule has 2 aromatic rings. The van der Waals surface area contributed by atoms with Crippen LogP contribution in [0.4, 0.5) is 11.5 Å². The maximum Gasteiger partial charge on any atom is 0.312 e.